The summed E-state index contributed by atoms with van der Waals surface area (Å²) in [5, 5.41) is 2.82. The first-order valence-electron chi connectivity index (χ1n) is 8.23. The van der Waals surface area contributed by atoms with Gasteiger partial charge in [-0.1, -0.05) is 38.1 Å². The van der Waals surface area contributed by atoms with Crippen LogP contribution in [-0.4, -0.2) is 34.2 Å². The minimum atomic E-state index is -3.64. The van der Waals surface area contributed by atoms with E-state index in [-0.39, 0.29) is 12.5 Å². The summed E-state index contributed by atoms with van der Waals surface area (Å²) >= 11 is 0. The van der Waals surface area contributed by atoms with Crippen LogP contribution in [0.3, 0.4) is 0 Å². The van der Waals surface area contributed by atoms with Crippen LogP contribution in [0.5, 0.6) is 5.75 Å². The molecule has 0 saturated carbocycles. The van der Waals surface area contributed by atoms with Crippen LogP contribution in [0.4, 0.5) is 11.4 Å². The number of methoxy groups -OCH3 is 1. The Morgan fingerprint density at radius 3 is 2.46 bits per heavy atom. The molecular formula is C19H24N2O4S. The topological polar surface area (TPSA) is 75.7 Å². The summed E-state index contributed by atoms with van der Waals surface area (Å²) in [5.41, 5.74) is 2.05. The number of carbonyl (C=O) groups is 1. The Kier molecular flexibility index (Phi) is 6.26. The van der Waals surface area contributed by atoms with Gasteiger partial charge < -0.3 is 10.1 Å². The number of benzene rings is 2. The number of anilines is 2. The Morgan fingerprint density at radius 2 is 1.85 bits per heavy atom. The SMILES string of the molecule is COc1cccc(N(CC(=O)Nc2ccccc2C(C)C)S(C)(=O)=O)c1. The lowest BCUT2D eigenvalue weighted by molar-refractivity contribution is -0.114. The van der Waals surface area contributed by atoms with E-state index in [0.717, 1.165) is 16.1 Å². The zero-order valence-electron chi connectivity index (χ0n) is 15.4. The van der Waals surface area contributed by atoms with Gasteiger partial charge in [0.2, 0.25) is 15.9 Å². The Balaban J connectivity index is 2.25. The number of nitrogens with one attached hydrogen (secondary N) is 1. The highest BCUT2D eigenvalue weighted by Gasteiger charge is 2.22. The molecule has 1 amide bonds. The third-order valence-electron chi connectivity index (χ3n) is 3.89. The molecule has 2 aromatic rings. The van der Waals surface area contributed by atoms with E-state index in [9.17, 15) is 13.2 Å². The van der Waals surface area contributed by atoms with Crippen molar-refractivity contribution in [3.8, 4) is 5.75 Å². The molecule has 7 heteroatoms. The van der Waals surface area contributed by atoms with Crippen molar-refractivity contribution in [2.24, 2.45) is 0 Å². The van der Waals surface area contributed by atoms with E-state index in [4.69, 9.17) is 4.74 Å². The molecule has 0 saturated heterocycles. The number of nitrogens with zero attached hydrogens (tertiary/aromatic N) is 1. The summed E-state index contributed by atoms with van der Waals surface area (Å²) in [6.45, 7) is 3.74. The summed E-state index contributed by atoms with van der Waals surface area (Å²) in [6.07, 6.45) is 1.07. The first-order chi connectivity index (χ1) is 12.2. The number of sulfonamides is 1. The highest BCUT2D eigenvalue weighted by Crippen LogP contribution is 2.25. The fourth-order valence-corrected chi connectivity index (χ4v) is 3.45. The standard InChI is InChI=1S/C19H24N2O4S/c1-14(2)17-10-5-6-11-18(17)20-19(22)13-21(26(4,23)24)15-8-7-9-16(12-15)25-3/h5-12,14H,13H2,1-4H3,(H,20,22). The number of ether oxygens (including phenoxy) is 1. The molecule has 0 aliphatic rings. The zero-order valence-corrected chi connectivity index (χ0v) is 16.2. The molecule has 2 rings (SSSR count). The molecule has 0 spiro atoms. The lowest BCUT2D eigenvalue weighted by atomic mass is 10.0. The van der Waals surface area contributed by atoms with E-state index < -0.39 is 15.9 Å². The van der Waals surface area contributed by atoms with E-state index in [1.165, 1.54) is 7.11 Å². The van der Waals surface area contributed by atoms with Crippen LogP contribution < -0.4 is 14.4 Å². The maximum Gasteiger partial charge on any atom is 0.245 e. The molecule has 2 aromatic carbocycles. The maximum atomic E-state index is 12.5. The predicted octanol–water partition coefficient (Wildman–Crippen LogP) is 3.22. The van der Waals surface area contributed by atoms with Crippen molar-refractivity contribution in [1.82, 2.24) is 0 Å². The predicted molar refractivity (Wildman–Crippen MR) is 104 cm³/mol. The van der Waals surface area contributed by atoms with E-state index in [0.29, 0.717) is 17.1 Å². The van der Waals surface area contributed by atoms with E-state index in [1.54, 1.807) is 24.3 Å². The van der Waals surface area contributed by atoms with Crippen LogP contribution in [0.15, 0.2) is 48.5 Å². The monoisotopic (exact) mass is 376 g/mol. The molecule has 0 aliphatic carbocycles. The Labute approximate surface area is 154 Å². The smallest absolute Gasteiger partial charge is 0.245 e. The van der Waals surface area contributed by atoms with Gasteiger partial charge in [-0.2, -0.15) is 0 Å². The fourth-order valence-electron chi connectivity index (χ4n) is 2.60. The van der Waals surface area contributed by atoms with Crippen LogP contribution in [0, 0.1) is 0 Å². The minimum absolute atomic E-state index is 0.232. The van der Waals surface area contributed by atoms with Gasteiger partial charge in [-0.15, -0.1) is 0 Å². The first-order valence-corrected chi connectivity index (χ1v) is 10.1. The van der Waals surface area contributed by atoms with Gasteiger partial charge in [0.1, 0.15) is 12.3 Å². The van der Waals surface area contributed by atoms with Gasteiger partial charge in [0.25, 0.3) is 0 Å². The van der Waals surface area contributed by atoms with Crippen molar-refractivity contribution in [2.45, 2.75) is 19.8 Å². The molecule has 0 aromatic heterocycles. The summed E-state index contributed by atoms with van der Waals surface area (Å²) in [6, 6.07) is 14.1. The number of carbonyl (C=O) groups excluding carboxylic acids is 1. The Bertz CT molecular complexity index is 879. The van der Waals surface area contributed by atoms with Crippen LogP contribution in [0.25, 0.3) is 0 Å². The van der Waals surface area contributed by atoms with Crippen molar-refractivity contribution in [3.05, 3.63) is 54.1 Å². The van der Waals surface area contributed by atoms with Crippen LogP contribution in [0.2, 0.25) is 0 Å². The quantitative estimate of drug-likeness (QED) is 0.805. The lowest BCUT2D eigenvalue weighted by Crippen LogP contribution is -2.37. The normalized spacial score (nSPS) is 11.3. The van der Waals surface area contributed by atoms with Crippen molar-refractivity contribution in [3.63, 3.8) is 0 Å². The number of para-hydroxylation sites is 1. The van der Waals surface area contributed by atoms with Gasteiger partial charge in [-0.3, -0.25) is 9.10 Å². The van der Waals surface area contributed by atoms with Crippen LogP contribution in [0.1, 0.15) is 25.3 Å². The van der Waals surface area contributed by atoms with Gasteiger partial charge in [0.05, 0.1) is 19.1 Å². The number of hydrogen-bond acceptors (Lipinski definition) is 4. The zero-order chi connectivity index (χ0) is 19.3. The van der Waals surface area contributed by atoms with Gasteiger partial charge in [0.15, 0.2) is 0 Å². The second kappa shape index (κ2) is 8.23. The average molecular weight is 376 g/mol. The van der Waals surface area contributed by atoms with Gasteiger partial charge in [-0.05, 0) is 29.7 Å². The molecule has 0 atom stereocenters. The third-order valence-corrected chi connectivity index (χ3v) is 5.03. The van der Waals surface area contributed by atoms with Gasteiger partial charge in [0, 0.05) is 11.8 Å². The molecule has 6 nitrogen and oxygen atoms in total. The largest absolute Gasteiger partial charge is 0.497 e. The van der Waals surface area contributed by atoms with Crippen molar-refractivity contribution in [2.75, 3.05) is 29.5 Å². The molecule has 0 aliphatic heterocycles. The van der Waals surface area contributed by atoms with Crippen molar-refractivity contribution >= 4 is 27.3 Å². The second-order valence-electron chi connectivity index (χ2n) is 6.26. The van der Waals surface area contributed by atoms with E-state index >= 15 is 0 Å². The van der Waals surface area contributed by atoms with Crippen molar-refractivity contribution < 1.29 is 17.9 Å². The molecule has 0 radical (unpaired) electrons. The van der Waals surface area contributed by atoms with Crippen molar-refractivity contribution in [1.29, 1.82) is 0 Å². The molecule has 0 heterocycles. The Hall–Kier alpha value is -2.54. The summed E-state index contributed by atoms with van der Waals surface area (Å²) < 4.78 is 30.6. The molecule has 140 valence electrons. The molecule has 26 heavy (non-hydrogen) atoms. The van der Waals surface area contributed by atoms with Crippen LogP contribution >= 0.6 is 0 Å². The minimum Gasteiger partial charge on any atom is -0.497 e. The maximum absolute atomic E-state index is 12.5. The van der Waals surface area contributed by atoms with E-state index in [1.807, 2.05) is 38.1 Å². The summed E-state index contributed by atoms with van der Waals surface area (Å²) in [4.78, 5) is 12.5. The highest BCUT2D eigenvalue weighted by molar-refractivity contribution is 7.92. The molecular weight excluding hydrogens is 352 g/mol. The number of amides is 1. The molecule has 0 bridgehead atoms. The second-order valence-corrected chi connectivity index (χ2v) is 8.17. The summed E-state index contributed by atoms with van der Waals surface area (Å²) in [7, 11) is -2.14. The van der Waals surface area contributed by atoms with E-state index in [2.05, 4.69) is 5.32 Å². The highest BCUT2D eigenvalue weighted by atomic mass is 32.2. The van der Waals surface area contributed by atoms with Gasteiger partial charge >= 0.3 is 0 Å². The lowest BCUT2D eigenvalue weighted by Gasteiger charge is -2.23. The average Bonchev–Trinajstić information content (AvgIpc) is 2.59. The Morgan fingerprint density at radius 1 is 1.15 bits per heavy atom. The molecule has 1 N–H and O–H groups in total. The first kappa shape index (κ1) is 19.8. The molecule has 0 unspecified atom stereocenters. The fraction of sp³-hybridized carbons (Fsp3) is 0.316. The summed E-state index contributed by atoms with van der Waals surface area (Å²) in [5.74, 6) is 0.337. The van der Waals surface area contributed by atoms with Gasteiger partial charge in [-0.25, -0.2) is 8.42 Å². The third kappa shape index (κ3) is 4.98. The number of rotatable bonds is 7. The van der Waals surface area contributed by atoms with Crippen LogP contribution in [-0.2, 0) is 14.8 Å². The number of hydrogen-bond donors (Lipinski definition) is 1. The molecule has 0 fully saturated rings.